The lowest BCUT2D eigenvalue weighted by molar-refractivity contribution is -0.112. The van der Waals surface area contributed by atoms with E-state index in [0.29, 0.717) is 38.7 Å². The number of hydrogen-bond donors (Lipinski definition) is 1. The Morgan fingerprint density at radius 2 is 1.78 bits per heavy atom. The minimum atomic E-state index is -0.592. The van der Waals surface area contributed by atoms with Gasteiger partial charge in [-0.1, -0.05) is 53.0 Å². The number of carbonyl (C=O) groups excluding carboxylic acids is 1. The van der Waals surface area contributed by atoms with Crippen molar-refractivity contribution in [1.29, 1.82) is 5.26 Å². The smallest absolute Gasteiger partial charge is 0.266 e. The Hall–Kier alpha value is -2.97. The molecule has 0 saturated carbocycles. The molecule has 0 aliphatic carbocycles. The largest absolute Gasteiger partial charge is 0.488 e. The van der Waals surface area contributed by atoms with Crippen LogP contribution in [0.15, 0.2) is 60.2 Å². The van der Waals surface area contributed by atoms with Gasteiger partial charge in [-0.25, -0.2) is 0 Å². The van der Waals surface area contributed by atoms with Crippen LogP contribution in [0.4, 0.5) is 5.69 Å². The van der Waals surface area contributed by atoms with E-state index < -0.39 is 5.91 Å². The van der Waals surface area contributed by atoms with Gasteiger partial charge in [0, 0.05) is 16.3 Å². The summed E-state index contributed by atoms with van der Waals surface area (Å²) in [6.45, 7) is 4.43. The van der Waals surface area contributed by atoms with E-state index in [0.717, 1.165) is 5.56 Å². The average molecular weight is 486 g/mol. The molecule has 0 bridgehead atoms. The summed E-state index contributed by atoms with van der Waals surface area (Å²) in [7, 11) is 0. The molecular formula is C25H19Cl3N2O2. The van der Waals surface area contributed by atoms with Gasteiger partial charge in [0.25, 0.3) is 5.91 Å². The second kappa shape index (κ2) is 10.6. The molecule has 1 amide bonds. The summed E-state index contributed by atoms with van der Waals surface area (Å²) in [4.78, 5) is 12.6. The molecule has 0 spiro atoms. The molecule has 0 unspecified atom stereocenters. The monoisotopic (exact) mass is 484 g/mol. The van der Waals surface area contributed by atoms with Crippen molar-refractivity contribution in [3.8, 4) is 11.8 Å². The molecule has 32 heavy (non-hydrogen) atoms. The minimum Gasteiger partial charge on any atom is -0.488 e. The Morgan fingerprint density at radius 3 is 2.47 bits per heavy atom. The first kappa shape index (κ1) is 23.7. The second-order valence-corrected chi connectivity index (χ2v) is 8.39. The third kappa shape index (κ3) is 6.05. The first-order chi connectivity index (χ1) is 15.3. The van der Waals surface area contributed by atoms with Crippen LogP contribution in [0.5, 0.6) is 5.75 Å². The molecule has 7 heteroatoms. The highest BCUT2D eigenvalue weighted by atomic mass is 35.5. The van der Waals surface area contributed by atoms with Crippen LogP contribution >= 0.6 is 34.8 Å². The highest BCUT2D eigenvalue weighted by molar-refractivity contribution is 6.42. The molecule has 0 fully saturated rings. The summed E-state index contributed by atoms with van der Waals surface area (Å²) < 4.78 is 5.97. The van der Waals surface area contributed by atoms with Crippen LogP contribution in [0.1, 0.15) is 22.3 Å². The molecule has 4 nitrogen and oxygen atoms in total. The Morgan fingerprint density at radius 1 is 1.00 bits per heavy atom. The minimum absolute atomic E-state index is 0.116. The van der Waals surface area contributed by atoms with Crippen molar-refractivity contribution in [3.63, 3.8) is 0 Å². The van der Waals surface area contributed by atoms with Crippen LogP contribution in [-0.2, 0) is 11.4 Å². The third-order valence-electron chi connectivity index (χ3n) is 4.78. The van der Waals surface area contributed by atoms with Crippen molar-refractivity contribution >= 4 is 52.5 Å². The number of carbonyl (C=O) groups is 1. The molecule has 3 aromatic carbocycles. The molecule has 0 radical (unpaired) electrons. The molecule has 3 aromatic rings. The van der Waals surface area contributed by atoms with Crippen LogP contribution in [0.2, 0.25) is 15.1 Å². The van der Waals surface area contributed by atoms with Crippen molar-refractivity contribution in [2.75, 3.05) is 5.32 Å². The highest BCUT2D eigenvalue weighted by Crippen LogP contribution is 2.28. The molecule has 162 valence electrons. The number of benzene rings is 3. The second-order valence-electron chi connectivity index (χ2n) is 7.14. The van der Waals surface area contributed by atoms with Gasteiger partial charge in [-0.3, -0.25) is 4.79 Å². The maximum absolute atomic E-state index is 12.6. The van der Waals surface area contributed by atoms with Gasteiger partial charge in [-0.15, -0.1) is 0 Å². The molecule has 0 aliphatic rings. The fraction of sp³-hybridized carbons (Fsp3) is 0.120. The number of halogens is 3. The number of nitriles is 1. The molecule has 0 saturated heterocycles. The molecule has 0 atom stereocenters. The van der Waals surface area contributed by atoms with Crippen molar-refractivity contribution in [2.24, 2.45) is 0 Å². The van der Waals surface area contributed by atoms with E-state index in [4.69, 9.17) is 39.5 Å². The van der Waals surface area contributed by atoms with E-state index >= 15 is 0 Å². The molecular weight excluding hydrogens is 467 g/mol. The summed E-state index contributed by atoms with van der Waals surface area (Å²) in [5, 5.41) is 13.3. The molecule has 0 aliphatic heterocycles. The van der Waals surface area contributed by atoms with Crippen LogP contribution in [0.25, 0.3) is 6.08 Å². The number of ether oxygens (including phenoxy) is 1. The summed E-state index contributed by atoms with van der Waals surface area (Å²) in [6.07, 6.45) is 1.44. The van der Waals surface area contributed by atoms with Gasteiger partial charge in [0.15, 0.2) is 0 Å². The highest BCUT2D eigenvalue weighted by Gasteiger charge is 2.13. The van der Waals surface area contributed by atoms with Gasteiger partial charge < -0.3 is 10.1 Å². The first-order valence-corrected chi connectivity index (χ1v) is 10.8. The lowest BCUT2D eigenvalue weighted by Gasteiger charge is -2.12. The zero-order chi connectivity index (χ0) is 23.3. The van der Waals surface area contributed by atoms with E-state index in [1.807, 2.05) is 25.1 Å². The SMILES string of the molecule is Cc1ccc(COc2ccc(Cl)cc2/C=C(\C#N)C(=O)Nc2ccc(Cl)c(Cl)c2)cc1C. The maximum Gasteiger partial charge on any atom is 0.266 e. The number of nitrogens with one attached hydrogen (secondary N) is 1. The number of hydrogen-bond acceptors (Lipinski definition) is 3. The Kier molecular flexibility index (Phi) is 7.82. The number of aryl methyl sites for hydroxylation is 2. The van der Waals surface area contributed by atoms with Gasteiger partial charge in [-0.2, -0.15) is 5.26 Å². The van der Waals surface area contributed by atoms with Crippen LogP contribution in [-0.4, -0.2) is 5.91 Å². The van der Waals surface area contributed by atoms with E-state index in [1.54, 1.807) is 30.3 Å². The topological polar surface area (TPSA) is 62.1 Å². The van der Waals surface area contributed by atoms with E-state index in [9.17, 15) is 10.1 Å². The van der Waals surface area contributed by atoms with Crippen molar-refractivity contribution in [3.05, 3.63) is 97.5 Å². The Balaban J connectivity index is 1.83. The normalized spacial score (nSPS) is 11.1. The number of nitrogens with zero attached hydrogens (tertiary/aromatic N) is 1. The standard InChI is InChI=1S/C25H19Cl3N2O2/c1-15-3-4-17(9-16(15)2)14-32-24-8-5-20(26)11-18(24)10-19(13-29)25(31)30-21-6-7-22(27)23(28)12-21/h3-12H,14H2,1-2H3,(H,30,31)/b19-10+. The summed E-state index contributed by atoms with van der Waals surface area (Å²) in [5.41, 5.74) is 4.21. The van der Waals surface area contributed by atoms with E-state index in [-0.39, 0.29) is 5.57 Å². The van der Waals surface area contributed by atoms with Crippen molar-refractivity contribution in [1.82, 2.24) is 0 Å². The quantitative estimate of drug-likeness (QED) is 0.292. The number of amides is 1. The van der Waals surface area contributed by atoms with Crippen LogP contribution in [0.3, 0.4) is 0 Å². The molecule has 0 heterocycles. The number of anilines is 1. The van der Waals surface area contributed by atoms with Crippen LogP contribution < -0.4 is 10.1 Å². The van der Waals surface area contributed by atoms with E-state index in [1.165, 1.54) is 23.3 Å². The van der Waals surface area contributed by atoms with Gasteiger partial charge in [0.2, 0.25) is 0 Å². The summed E-state index contributed by atoms with van der Waals surface area (Å²) in [5.74, 6) is -0.0892. The van der Waals surface area contributed by atoms with Crippen molar-refractivity contribution < 1.29 is 9.53 Å². The Bertz CT molecular complexity index is 1250. The average Bonchev–Trinajstić information content (AvgIpc) is 2.76. The molecule has 0 aromatic heterocycles. The fourth-order valence-corrected chi connectivity index (χ4v) is 3.37. The third-order valence-corrected chi connectivity index (χ3v) is 5.75. The lowest BCUT2D eigenvalue weighted by atomic mass is 10.1. The molecule has 3 rings (SSSR count). The van der Waals surface area contributed by atoms with Gasteiger partial charge >= 0.3 is 0 Å². The van der Waals surface area contributed by atoms with Crippen LogP contribution in [0, 0.1) is 25.2 Å². The first-order valence-electron chi connectivity index (χ1n) is 9.63. The molecule has 1 N–H and O–H groups in total. The predicted molar refractivity (Wildman–Crippen MR) is 130 cm³/mol. The van der Waals surface area contributed by atoms with Gasteiger partial charge in [-0.05, 0) is 73.0 Å². The van der Waals surface area contributed by atoms with Crippen molar-refractivity contribution in [2.45, 2.75) is 20.5 Å². The zero-order valence-electron chi connectivity index (χ0n) is 17.4. The van der Waals surface area contributed by atoms with Gasteiger partial charge in [0.05, 0.1) is 10.0 Å². The summed E-state index contributed by atoms with van der Waals surface area (Å²) in [6, 6.07) is 17.7. The fourth-order valence-electron chi connectivity index (χ4n) is 2.89. The Labute approximate surface area is 202 Å². The predicted octanol–water partition coefficient (Wildman–Crippen LogP) is 7.39. The van der Waals surface area contributed by atoms with E-state index in [2.05, 4.69) is 18.3 Å². The number of rotatable bonds is 6. The lowest BCUT2D eigenvalue weighted by Crippen LogP contribution is -2.13. The summed E-state index contributed by atoms with van der Waals surface area (Å²) >= 11 is 18.0. The van der Waals surface area contributed by atoms with Gasteiger partial charge in [0.1, 0.15) is 24.0 Å². The zero-order valence-corrected chi connectivity index (χ0v) is 19.6. The maximum atomic E-state index is 12.6.